The van der Waals surface area contributed by atoms with Gasteiger partial charge in [-0.3, -0.25) is 0 Å². The molecular formula is C6H14N2OS. The zero-order chi connectivity index (χ0) is 7.61. The number of rotatable bonds is 3. The van der Waals surface area contributed by atoms with E-state index in [-0.39, 0.29) is 0 Å². The van der Waals surface area contributed by atoms with Crippen LogP contribution in [-0.4, -0.2) is 16.0 Å². The Labute approximate surface area is 62.3 Å². The molecule has 0 aliphatic heterocycles. The van der Waals surface area contributed by atoms with Gasteiger partial charge in [0.2, 0.25) is 0 Å². The third-order valence-corrected chi connectivity index (χ3v) is 3.40. The van der Waals surface area contributed by atoms with E-state index in [0.29, 0.717) is 11.8 Å². The normalized spacial score (nSPS) is 25.3. The van der Waals surface area contributed by atoms with Gasteiger partial charge in [-0.15, -0.1) is 0 Å². The summed E-state index contributed by atoms with van der Waals surface area (Å²) in [6.07, 6.45) is 3.41. The molecule has 1 saturated carbocycles. The summed E-state index contributed by atoms with van der Waals surface area (Å²) in [5.41, 5.74) is 0. The molecule has 4 heteroatoms. The molecule has 1 rings (SSSR count). The van der Waals surface area contributed by atoms with Crippen molar-refractivity contribution >= 4 is 9.92 Å². The minimum absolute atomic E-state index is 0.366. The molecule has 1 fully saturated rings. The summed E-state index contributed by atoms with van der Waals surface area (Å²) in [6, 6.07) is 0.366. The molecule has 0 amide bonds. The van der Waals surface area contributed by atoms with Crippen LogP contribution in [0.4, 0.5) is 0 Å². The molecule has 2 N–H and O–H groups in total. The molecule has 0 radical (unpaired) electrons. The van der Waals surface area contributed by atoms with Crippen molar-refractivity contribution in [3.05, 3.63) is 0 Å². The summed E-state index contributed by atoms with van der Waals surface area (Å²) < 4.78 is 21.2. The van der Waals surface area contributed by atoms with Crippen molar-refractivity contribution < 1.29 is 4.21 Å². The number of hydrogen-bond donors (Lipinski definition) is 2. The molecule has 1 aliphatic carbocycles. The fourth-order valence-corrected chi connectivity index (χ4v) is 1.82. The van der Waals surface area contributed by atoms with Gasteiger partial charge in [-0.25, -0.2) is 13.7 Å². The van der Waals surface area contributed by atoms with Crippen LogP contribution in [0, 0.1) is 4.78 Å². The SMILES string of the molecule is CCS(=N)(=O)NC1CCC1. The molecule has 1 aliphatic rings. The Kier molecular flexibility index (Phi) is 2.31. The first kappa shape index (κ1) is 8.01. The van der Waals surface area contributed by atoms with Crippen LogP contribution in [0.3, 0.4) is 0 Å². The topological polar surface area (TPSA) is 53.0 Å². The summed E-state index contributed by atoms with van der Waals surface area (Å²) in [6.45, 7) is 1.78. The first-order valence-electron chi connectivity index (χ1n) is 3.68. The molecule has 3 nitrogen and oxygen atoms in total. The third-order valence-electron chi connectivity index (χ3n) is 1.87. The van der Waals surface area contributed by atoms with E-state index in [4.69, 9.17) is 4.78 Å². The van der Waals surface area contributed by atoms with Crippen LogP contribution >= 0.6 is 0 Å². The maximum atomic E-state index is 11.1. The fraction of sp³-hybridized carbons (Fsp3) is 1.00. The van der Waals surface area contributed by atoms with Crippen molar-refractivity contribution in [1.29, 1.82) is 4.78 Å². The lowest BCUT2D eigenvalue weighted by Gasteiger charge is -2.26. The maximum absolute atomic E-state index is 11.1. The lowest BCUT2D eigenvalue weighted by molar-refractivity contribution is 0.389. The molecule has 0 aromatic heterocycles. The standard InChI is InChI=1S/C6H14N2OS/c1-2-10(7,9)8-6-4-3-5-6/h6H,2-5H2,1H3,(H2,7,8,9). The summed E-state index contributed by atoms with van der Waals surface area (Å²) in [5, 5.41) is 0. The Morgan fingerprint density at radius 1 is 1.70 bits per heavy atom. The van der Waals surface area contributed by atoms with Gasteiger partial charge in [-0.2, -0.15) is 0 Å². The molecule has 0 bridgehead atoms. The van der Waals surface area contributed by atoms with E-state index in [1.807, 2.05) is 0 Å². The van der Waals surface area contributed by atoms with Crippen LogP contribution < -0.4 is 4.72 Å². The number of hydrogen-bond acceptors (Lipinski definition) is 2. The van der Waals surface area contributed by atoms with Crippen LogP contribution in [-0.2, 0) is 9.92 Å². The molecule has 0 heterocycles. The zero-order valence-corrected chi connectivity index (χ0v) is 7.04. The Morgan fingerprint density at radius 2 is 2.30 bits per heavy atom. The molecular weight excluding hydrogens is 148 g/mol. The highest BCUT2D eigenvalue weighted by Gasteiger charge is 2.19. The second kappa shape index (κ2) is 2.88. The Bertz CT molecular complexity index is 194. The van der Waals surface area contributed by atoms with Gasteiger partial charge in [0.25, 0.3) is 0 Å². The largest absolute Gasteiger partial charge is 0.240 e. The molecule has 0 spiro atoms. The lowest BCUT2D eigenvalue weighted by atomic mass is 9.94. The maximum Gasteiger partial charge on any atom is 0.105 e. The first-order valence-corrected chi connectivity index (χ1v) is 5.40. The molecule has 10 heavy (non-hydrogen) atoms. The van der Waals surface area contributed by atoms with Crippen LogP contribution in [0.15, 0.2) is 0 Å². The quantitative estimate of drug-likeness (QED) is 0.641. The molecule has 1 atom stereocenters. The fourth-order valence-electron chi connectivity index (χ4n) is 0.879. The van der Waals surface area contributed by atoms with Gasteiger partial charge >= 0.3 is 0 Å². The van der Waals surface area contributed by atoms with Crippen LogP contribution in [0.1, 0.15) is 26.2 Å². The van der Waals surface area contributed by atoms with E-state index in [0.717, 1.165) is 12.8 Å². The van der Waals surface area contributed by atoms with Crippen LogP contribution in [0.2, 0.25) is 0 Å². The van der Waals surface area contributed by atoms with E-state index < -0.39 is 9.92 Å². The van der Waals surface area contributed by atoms with Gasteiger partial charge < -0.3 is 0 Å². The second-order valence-electron chi connectivity index (χ2n) is 2.71. The molecule has 0 saturated heterocycles. The smallest absolute Gasteiger partial charge is 0.105 e. The van der Waals surface area contributed by atoms with Gasteiger partial charge in [0.05, 0.1) is 0 Å². The second-order valence-corrected chi connectivity index (χ2v) is 4.87. The minimum atomic E-state index is -2.43. The lowest BCUT2D eigenvalue weighted by Crippen LogP contribution is -2.39. The Morgan fingerprint density at radius 3 is 2.60 bits per heavy atom. The van der Waals surface area contributed by atoms with E-state index in [2.05, 4.69) is 4.72 Å². The minimum Gasteiger partial charge on any atom is -0.240 e. The van der Waals surface area contributed by atoms with Crippen molar-refractivity contribution in [3.63, 3.8) is 0 Å². The zero-order valence-electron chi connectivity index (χ0n) is 6.22. The van der Waals surface area contributed by atoms with Crippen molar-refractivity contribution in [2.24, 2.45) is 0 Å². The van der Waals surface area contributed by atoms with Crippen molar-refractivity contribution in [1.82, 2.24) is 4.72 Å². The molecule has 0 aromatic carbocycles. The third kappa shape index (κ3) is 1.95. The Hall–Kier alpha value is -0.0900. The summed E-state index contributed by atoms with van der Waals surface area (Å²) >= 11 is 0. The number of nitrogens with one attached hydrogen (secondary N) is 2. The van der Waals surface area contributed by atoms with E-state index in [9.17, 15) is 4.21 Å². The molecule has 1 unspecified atom stereocenters. The molecule has 60 valence electrons. The summed E-state index contributed by atoms with van der Waals surface area (Å²) in [4.78, 5) is 0. The monoisotopic (exact) mass is 162 g/mol. The van der Waals surface area contributed by atoms with E-state index >= 15 is 0 Å². The van der Waals surface area contributed by atoms with Gasteiger partial charge in [0.1, 0.15) is 9.92 Å². The predicted molar refractivity (Wildman–Crippen MR) is 42.2 cm³/mol. The highest BCUT2D eigenvalue weighted by molar-refractivity contribution is 7.90. The van der Waals surface area contributed by atoms with Crippen molar-refractivity contribution in [2.75, 3.05) is 5.75 Å². The van der Waals surface area contributed by atoms with E-state index in [1.165, 1.54) is 6.42 Å². The Balaban J connectivity index is 2.36. The highest BCUT2D eigenvalue weighted by atomic mass is 32.2. The van der Waals surface area contributed by atoms with Crippen LogP contribution in [0.25, 0.3) is 0 Å². The summed E-state index contributed by atoms with van der Waals surface area (Å²) in [5.74, 6) is 0.420. The highest BCUT2D eigenvalue weighted by Crippen LogP contribution is 2.18. The summed E-state index contributed by atoms with van der Waals surface area (Å²) in [7, 11) is -2.43. The van der Waals surface area contributed by atoms with Gasteiger partial charge in [0, 0.05) is 11.8 Å². The van der Waals surface area contributed by atoms with Crippen molar-refractivity contribution in [2.45, 2.75) is 32.2 Å². The van der Waals surface area contributed by atoms with Gasteiger partial charge in [0.15, 0.2) is 0 Å². The predicted octanol–water partition coefficient (Wildman–Crippen LogP) is 1.11. The first-order chi connectivity index (χ1) is 4.64. The molecule has 0 aromatic rings. The van der Waals surface area contributed by atoms with Crippen LogP contribution in [0.5, 0.6) is 0 Å². The van der Waals surface area contributed by atoms with Crippen molar-refractivity contribution in [3.8, 4) is 0 Å². The van der Waals surface area contributed by atoms with E-state index in [1.54, 1.807) is 6.92 Å². The van der Waals surface area contributed by atoms with Gasteiger partial charge in [-0.1, -0.05) is 13.3 Å². The average molecular weight is 162 g/mol. The van der Waals surface area contributed by atoms with Gasteiger partial charge in [-0.05, 0) is 12.8 Å². The average Bonchev–Trinajstić information content (AvgIpc) is 1.80.